The molecule has 1 N–H and O–H groups in total. The molecule has 0 atom stereocenters. The van der Waals surface area contributed by atoms with E-state index in [1.54, 1.807) is 13.1 Å². The number of nitrogens with one attached hydrogen (secondary N) is 1. The highest BCUT2D eigenvalue weighted by molar-refractivity contribution is 5.87. The monoisotopic (exact) mass is 418 g/mol. The van der Waals surface area contributed by atoms with Crippen LogP contribution in [0.5, 0.6) is 0 Å². The molecule has 0 saturated carbocycles. The Balaban J connectivity index is 1.70. The smallest absolute Gasteiger partial charge is 0.266 e. The minimum atomic E-state index is -2.89. The Labute approximate surface area is 170 Å². The Bertz CT molecular complexity index is 1130. The zero-order valence-electron chi connectivity index (χ0n) is 16.4. The van der Waals surface area contributed by atoms with Gasteiger partial charge in [0.1, 0.15) is 23.6 Å². The minimum absolute atomic E-state index is 0.0338. The normalized spacial score (nSPS) is 15.1. The topological polar surface area (TPSA) is 69.0 Å². The van der Waals surface area contributed by atoms with Gasteiger partial charge in [-0.05, 0) is 24.8 Å². The molecule has 1 aromatic carbocycles. The van der Waals surface area contributed by atoms with Crippen molar-refractivity contribution in [1.29, 1.82) is 0 Å². The first-order chi connectivity index (χ1) is 14.5. The average molecular weight is 418 g/mol. The summed E-state index contributed by atoms with van der Waals surface area (Å²) in [4.78, 5) is 21.3. The number of benzene rings is 1. The van der Waals surface area contributed by atoms with E-state index in [0.717, 1.165) is 18.9 Å². The molecule has 6 nitrogen and oxygen atoms in total. The van der Waals surface area contributed by atoms with Crippen molar-refractivity contribution in [3.63, 3.8) is 0 Å². The largest absolute Gasteiger partial charge is 0.381 e. The minimum Gasteiger partial charge on any atom is -0.381 e. The van der Waals surface area contributed by atoms with Crippen LogP contribution in [-0.2, 0) is 18.3 Å². The lowest BCUT2D eigenvalue weighted by atomic mass is 9.92. The van der Waals surface area contributed by atoms with Gasteiger partial charge in [0.05, 0.1) is 10.9 Å². The molecule has 1 aliphatic rings. The average Bonchev–Trinajstić information content (AvgIpc) is 2.76. The highest BCUT2D eigenvalue weighted by Gasteiger charge is 2.22. The van der Waals surface area contributed by atoms with Gasteiger partial charge in [0.15, 0.2) is 0 Å². The van der Waals surface area contributed by atoms with Crippen LogP contribution in [-0.4, -0.2) is 27.7 Å². The van der Waals surface area contributed by atoms with Crippen LogP contribution in [0.25, 0.3) is 11.0 Å². The number of nitrogens with zero attached hydrogens (tertiary/aromatic N) is 3. The molecule has 158 valence electrons. The van der Waals surface area contributed by atoms with Crippen LogP contribution in [0.2, 0.25) is 0 Å². The Morgan fingerprint density at radius 2 is 2.03 bits per heavy atom. The second-order valence-corrected chi connectivity index (χ2v) is 7.28. The van der Waals surface area contributed by atoms with E-state index in [2.05, 4.69) is 15.3 Å². The van der Waals surface area contributed by atoms with Crippen LogP contribution in [0.1, 0.15) is 41.9 Å². The number of pyridine rings is 1. The Hall–Kier alpha value is -2.94. The van der Waals surface area contributed by atoms with Crippen molar-refractivity contribution in [2.45, 2.75) is 31.7 Å². The maximum Gasteiger partial charge on any atom is 0.266 e. The van der Waals surface area contributed by atoms with Gasteiger partial charge in [-0.1, -0.05) is 18.2 Å². The number of fused-ring (bicyclic) bond motifs is 1. The molecule has 0 amide bonds. The number of halogens is 3. The summed E-state index contributed by atoms with van der Waals surface area (Å²) in [7, 11) is 1.65. The second kappa shape index (κ2) is 8.43. The van der Waals surface area contributed by atoms with E-state index in [1.807, 2.05) is 0 Å². The van der Waals surface area contributed by atoms with Crippen molar-refractivity contribution < 1.29 is 17.9 Å². The molecule has 1 aliphatic heterocycles. The fourth-order valence-corrected chi connectivity index (χ4v) is 3.82. The summed E-state index contributed by atoms with van der Waals surface area (Å²) in [6, 6.07) is 5.69. The molecule has 0 spiro atoms. The predicted octanol–water partition coefficient (Wildman–Crippen LogP) is 3.91. The maximum absolute atomic E-state index is 14.4. The molecule has 1 saturated heterocycles. The van der Waals surface area contributed by atoms with E-state index in [9.17, 15) is 18.0 Å². The van der Waals surface area contributed by atoms with Gasteiger partial charge < -0.3 is 10.1 Å². The predicted molar refractivity (Wildman–Crippen MR) is 106 cm³/mol. The lowest BCUT2D eigenvalue weighted by Gasteiger charge is -2.23. The molecule has 4 rings (SSSR count). The Morgan fingerprint density at radius 1 is 1.27 bits per heavy atom. The van der Waals surface area contributed by atoms with Gasteiger partial charge in [-0.15, -0.1) is 0 Å². The highest BCUT2D eigenvalue weighted by Crippen LogP contribution is 2.29. The fourth-order valence-electron chi connectivity index (χ4n) is 3.82. The molecule has 1 fully saturated rings. The van der Waals surface area contributed by atoms with Gasteiger partial charge in [-0.25, -0.2) is 23.1 Å². The van der Waals surface area contributed by atoms with Crippen LogP contribution in [0.15, 0.2) is 35.4 Å². The van der Waals surface area contributed by atoms with Crippen molar-refractivity contribution in [1.82, 2.24) is 14.5 Å². The SMILES string of the molecule is Cn1c(=O)c(C2CCOCC2)cc2c(NCc3cccc(C(F)F)c3F)ncnc21. The summed E-state index contributed by atoms with van der Waals surface area (Å²) in [6.45, 7) is 1.16. The maximum atomic E-state index is 14.4. The first-order valence-electron chi connectivity index (χ1n) is 9.69. The zero-order chi connectivity index (χ0) is 21.3. The number of rotatable bonds is 5. The molecule has 0 unspecified atom stereocenters. The van der Waals surface area contributed by atoms with Gasteiger partial charge in [0.25, 0.3) is 12.0 Å². The van der Waals surface area contributed by atoms with E-state index in [4.69, 9.17) is 4.74 Å². The molecule has 0 radical (unpaired) electrons. The molecular weight excluding hydrogens is 397 g/mol. The first kappa shape index (κ1) is 20.3. The van der Waals surface area contributed by atoms with Crippen LogP contribution >= 0.6 is 0 Å². The van der Waals surface area contributed by atoms with E-state index >= 15 is 0 Å². The number of aromatic nitrogens is 3. The van der Waals surface area contributed by atoms with Crippen LogP contribution in [0, 0.1) is 5.82 Å². The van der Waals surface area contributed by atoms with E-state index in [1.165, 1.54) is 23.0 Å². The summed E-state index contributed by atoms with van der Waals surface area (Å²) in [5.41, 5.74) is 0.460. The molecular formula is C21H21F3N4O2. The third-order valence-corrected chi connectivity index (χ3v) is 5.48. The number of alkyl halides is 2. The van der Waals surface area contributed by atoms with Crippen LogP contribution in [0.3, 0.4) is 0 Å². The highest BCUT2D eigenvalue weighted by atomic mass is 19.3. The van der Waals surface area contributed by atoms with Crippen molar-refractivity contribution >= 4 is 16.9 Å². The Morgan fingerprint density at radius 3 is 2.77 bits per heavy atom. The van der Waals surface area contributed by atoms with Crippen molar-refractivity contribution in [3.8, 4) is 0 Å². The lowest BCUT2D eigenvalue weighted by molar-refractivity contribution is 0.0850. The fraction of sp³-hybridized carbons (Fsp3) is 0.381. The standard InChI is InChI=1S/C21H21F3N4O2/c1-28-20-16(9-15(21(28)29)12-5-7-30-8-6-12)19(26-11-27-20)25-10-13-3-2-4-14(17(13)22)18(23)24/h2-4,9,11-12,18H,5-8,10H2,1H3,(H,25,26,27). The number of hydrogen-bond acceptors (Lipinski definition) is 5. The molecule has 0 aliphatic carbocycles. The second-order valence-electron chi connectivity index (χ2n) is 7.28. The summed E-state index contributed by atoms with van der Waals surface area (Å²) in [6.07, 6.45) is -0.0723. The molecule has 0 bridgehead atoms. The Kier molecular flexibility index (Phi) is 5.72. The lowest BCUT2D eigenvalue weighted by Crippen LogP contribution is -2.27. The zero-order valence-corrected chi connectivity index (χ0v) is 16.4. The van der Waals surface area contributed by atoms with E-state index in [0.29, 0.717) is 35.6 Å². The summed E-state index contributed by atoms with van der Waals surface area (Å²) in [5.74, 6) is -0.450. The van der Waals surface area contributed by atoms with Gasteiger partial charge >= 0.3 is 0 Å². The van der Waals surface area contributed by atoms with Crippen molar-refractivity contribution in [2.24, 2.45) is 7.05 Å². The molecule has 3 aromatic rings. The third-order valence-electron chi connectivity index (χ3n) is 5.48. The molecule has 30 heavy (non-hydrogen) atoms. The summed E-state index contributed by atoms with van der Waals surface area (Å²) in [5, 5.41) is 3.63. The molecule has 9 heteroatoms. The van der Waals surface area contributed by atoms with E-state index in [-0.39, 0.29) is 23.6 Å². The van der Waals surface area contributed by atoms with Gasteiger partial charge in [-0.3, -0.25) is 9.36 Å². The van der Waals surface area contributed by atoms with Gasteiger partial charge in [-0.2, -0.15) is 0 Å². The summed E-state index contributed by atoms with van der Waals surface area (Å²) < 4.78 is 47.1. The van der Waals surface area contributed by atoms with Gasteiger partial charge in [0, 0.05) is 37.9 Å². The number of hydrogen-bond donors (Lipinski definition) is 1. The quantitative estimate of drug-likeness (QED) is 0.680. The molecule has 3 heterocycles. The molecule has 2 aromatic heterocycles. The van der Waals surface area contributed by atoms with Gasteiger partial charge in [0.2, 0.25) is 0 Å². The van der Waals surface area contributed by atoms with Crippen LogP contribution < -0.4 is 10.9 Å². The third kappa shape index (κ3) is 3.77. The number of ether oxygens (including phenoxy) is 1. The summed E-state index contributed by atoms with van der Waals surface area (Å²) >= 11 is 0. The number of anilines is 1. The first-order valence-corrected chi connectivity index (χ1v) is 9.69. The number of aryl methyl sites for hydroxylation is 1. The van der Waals surface area contributed by atoms with Crippen molar-refractivity contribution in [3.05, 3.63) is 63.5 Å². The van der Waals surface area contributed by atoms with Crippen LogP contribution in [0.4, 0.5) is 19.0 Å². The van der Waals surface area contributed by atoms with E-state index < -0.39 is 17.8 Å². The van der Waals surface area contributed by atoms with Crippen molar-refractivity contribution in [2.75, 3.05) is 18.5 Å².